The lowest BCUT2D eigenvalue weighted by Gasteiger charge is -2.39. The normalized spacial score (nSPS) is 20.6. The predicted octanol–water partition coefficient (Wildman–Crippen LogP) is 1.50. The Bertz CT molecular complexity index is 403. The quantitative estimate of drug-likeness (QED) is 0.884. The van der Waals surface area contributed by atoms with E-state index in [4.69, 9.17) is 0 Å². The number of nitrogens with one attached hydrogen (secondary N) is 1. The minimum atomic E-state index is 0.472. The molecule has 112 valence electrons. The van der Waals surface area contributed by atoms with Gasteiger partial charge >= 0.3 is 0 Å². The molecule has 0 aliphatic carbocycles. The third-order valence-corrected chi connectivity index (χ3v) is 3.97. The Balaban J connectivity index is 1.96. The van der Waals surface area contributed by atoms with Crippen molar-refractivity contribution in [2.45, 2.75) is 45.8 Å². The van der Waals surface area contributed by atoms with Gasteiger partial charge in [0, 0.05) is 38.3 Å². The summed E-state index contributed by atoms with van der Waals surface area (Å²) >= 11 is 0. The summed E-state index contributed by atoms with van der Waals surface area (Å²) in [5.74, 6) is 1.00. The van der Waals surface area contributed by atoms with Gasteiger partial charge < -0.3 is 10.2 Å². The van der Waals surface area contributed by atoms with Crippen LogP contribution in [0, 0.1) is 0 Å². The first-order valence-corrected chi connectivity index (χ1v) is 7.61. The Labute approximate surface area is 122 Å². The second-order valence-corrected chi connectivity index (χ2v) is 5.91. The molecule has 0 saturated carbocycles. The van der Waals surface area contributed by atoms with Crippen molar-refractivity contribution in [2.75, 3.05) is 31.6 Å². The maximum absolute atomic E-state index is 4.39. The molecule has 1 fully saturated rings. The van der Waals surface area contributed by atoms with Crippen LogP contribution in [0.15, 0.2) is 12.1 Å². The molecular formula is C15H27N5. The molecule has 1 saturated heterocycles. The summed E-state index contributed by atoms with van der Waals surface area (Å²) in [5, 5.41) is 12.1. The van der Waals surface area contributed by atoms with Gasteiger partial charge in [0.15, 0.2) is 5.82 Å². The highest BCUT2D eigenvalue weighted by atomic mass is 15.3. The van der Waals surface area contributed by atoms with Crippen molar-refractivity contribution in [3.63, 3.8) is 0 Å². The Morgan fingerprint density at radius 2 is 2.10 bits per heavy atom. The third-order valence-electron chi connectivity index (χ3n) is 3.97. The van der Waals surface area contributed by atoms with Crippen molar-refractivity contribution in [2.24, 2.45) is 0 Å². The first-order chi connectivity index (χ1) is 9.60. The number of hydrogen-bond acceptors (Lipinski definition) is 5. The van der Waals surface area contributed by atoms with E-state index in [0.29, 0.717) is 12.1 Å². The van der Waals surface area contributed by atoms with Crippen molar-refractivity contribution in [3.05, 3.63) is 17.8 Å². The summed E-state index contributed by atoms with van der Waals surface area (Å²) in [6, 6.07) is 5.27. The topological polar surface area (TPSA) is 44.3 Å². The van der Waals surface area contributed by atoms with Crippen molar-refractivity contribution in [3.8, 4) is 0 Å². The second-order valence-electron chi connectivity index (χ2n) is 5.91. The van der Waals surface area contributed by atoms with E-state index in [1.54, 1.807) is 0 Å². The zero-order valence-electron chi connectivity index (χ0n) is 13.1. The molecule has 1 unspecified atom stereocenters. The summed E-state index contributed by atoms with van der Waals surface area (Å²) < 4.78 is 0. The molecule has 5 nitrogen and oxygen atoms in total. The fraction of sp³-hybridized carbons (Fsp3) is 0.733. The molecule has 2 heterocycles. The molecular weight excluding hydrogens is 250 g/mol. The van der Waals surface area contributed by atoms with E-state index in [1.807, 2.05) is 0 Å². The van der Waals surface area contributed by atoms with Gasteiger partial charge in [0.05, 0.1) is 5.69 Å². The number of likely N-dealkylation sites (N-methyl/N-ethyl adjacent to an activating group) is 1. The van der Waals surface area contributed by atoms with Gasteiger partial charge in [-0.1, -0.05) is 20.8 Å². The fourth-order valence-corrected chi connectivity index (χ4v) is 2.52. The van der Waals surface area contributed by atoms with Crippen molar-refractivity contribution in [1.82, 2.24) is 20.4 Å². The van der Waals surface area contributed by atoms with Crippen LogP contribution in [-0.4, -0.2) is 53.9 Å². The lowest BCUT2D eigenvalue weighted by Crippen LogP contribution is -2.51. The lowest BCUT2D eigenvalue weighted by molar-refractivity contribution is 0.212. The molecule has 0 bridgehead atoms. The van der Waals surface area contributed by atoms with Gasteiger partial charge in [-0.3, -0.25) is 4.90 Å². The minimum absolute atomic E-state index is 0.472. The predicted molar refractivity (Wildman–Crippen MR) is 82.9 cm³/mol. The van der Waals surface area contributed by atoms with Crippen LogP contribution in [-0.2, 0) is 6.54 Å². The summed E-state index contributed by atoms with van der Waals surface area (Å²) in [6.45, 7) is 10.5. The van der Waals surface area contributed by atoms with Crippen molar-refractivity contribution in [1.29, 1.82) is 0 Å². The van der Waals surface area contributed by atoms with Gasteiger partial charge in [0.1, 0.15) is 0 Å². The fourth-order valence-electron chi connectivity index (χ4n) is 2.52. The van der Waals surface area contributed by atoms with Crippen LogP contribution in [0.2, 0.25) is 0 Å². The van der Waals surface area contributed by atoms with Gasteiger partial charge in [0.2, 0.25) is 0 Å². The standard InChI is InChI=1S/C15H27N5/c1-5-14-11-20(9-8-19(14)4)15-7-6-13(17-18-15)10-16-12(2)3/h6-7,12,14,16H,5,8-11H2,1-4H3. The van der Waals surface area contributed by atoms with E-state index < -0.39 is 0 Å². The average molecular weight is 277 g/mol. The van der Waals surface area contributed by atoms with Crippen molar-refractivity contribution < 1.29 is 0 Å². The molecule has 0 spiro atoms. The maximum Gasteiger partial charge on any atom is 0.151 e. The zero-order chi connectivity index (χ0) is 14.5. The Hall–Kier alpha value is -1.20. The highest BCUT2D eigenvalue weighted by Crippen LogP contribution is 2.17. The van der Waals surface area contributed by atoms with Crippen LogP contribution in [0.4, 0.5) is 5.82 Å². The molecule has 1 N–H and O–H groups in total. The van der Waals surface area contributed by atoms with E-state index in [1.165, 1.54) is 6.42 Å². The molecule has 1 aromatic heterocycles. The van der Waals surface area contributed by atoms with E-state index in [0.717, 1.165) is 37.7 Å². The monoisotopic (exact) mass is 277 g/mol. The molecule has 0 amide bonds. The molecule has 1 aliphatic rings. The van der Waals surface area contributed by atoms with Crippen LogP contribution >= 0.6 is 0 Å². The van der Waals surface area contributed by atoms with E-state index in [-0.39, 0.29) is 0 Å². The van der Waals surface area contributed by atoms with Gasteiger partial charge in [-0.25, -0.2) is 0 Å². The number of hydrogen-bond donors (Lipinski definition) is 1. The Kier molecular flexibility index (Phi) is 5.31. The minimum Gasteiger partial charge on any atom is -0.352 e. The molecule has 5 heteroatoms. The molecule has 0 radical (unpaired) electrons. The van der Waals surface area contributed by atoms with Gasteiger partial charge in [0.25, 0.3) is 0 Å². The lowest BCUT2D eigenvalue weighted by atomic mass is 10.1. The Morgan fingerprint density at radius 1 is 1.30 bits per heavy atom. The molecule has 2 rings (SSSR count). The van der Waals surface area contributed by atoms with E-state index >= 15 is 0 Å². The summed E-state index contributed by atoms with van der Waals surface area (Å²) in [6.07, 6.45) is 1.18. The smallest absolute Gasteiger partial charge is 0.151 e. The van der Waals surface area contributed by atoms with Crippen LogP contribution < -0.4 is 10.2 Å². The van der Waals surface area contributed by atoms with Gasteiger partial charge in [-0.2, -0.15) is 5.10 Å². The second kappa shape index (κ2) is 6.99. The van der Waals surface area contributed by atoms with Crippen LogP contribution in [0.25, 0.3) is 0 Å². The van der Waals surface area contributed by atoms with E-state index in [2.05, 4.69) is 65.3 Å². The highest BCUT2D eigenvalue weighted by molar-refractivity contribution is 5.38. The Morgan fingerprint density at radius 3 is 2.70 bits per heavy atom. The summed E-state index contributed by atoms with van der Waals surface area (Å²) in [5.41, 5.74) is 1.00. The summed E-state index contributed by atoms with van der Waals surface area (Å²) in [4.78, 5) is 4.78. The highest BCUT2D eigenvalue weighted by Gasteiger charge is 2.23. The summed E-state index contributed by atoms with van der Waals surface area (Å²) in [7, 11) is 2.21. The molecule has 1 aromatic rings. The van der Waals surface area contributed by atoms with Gasteiger partial charge in [-0.05, 0) is 25.6 Å². The first kappa shape index (κ1) is 15.2. The number of nitrogens with zero attached hydrogens (tertiary/aromatic N) is 4. The van der Waals surface area contributed by atoms with Crippen LogP contribution in [0.3, 0.4) is 0 Å². The zero-order valence-corrected chi connectivity index (χ0v) is 13.1. The third kappa shape index (κ3) is 3.90. The maximum atomic E-state index is 4.39. The number of aromatic nitrogens is 2. The van der Waals surface area contributed by atoms with Crippen LogP contribution in [0.5, 0.6) is 0 Å². The molecule has 20 heavy (non-hydrogen) atoms. The van der Waals surface area contributed by atoms with Gasteiger partial charge in [-0.15, -0.1) is 5.10 Å². The van der Waals surface area contributed by atoms with Crippen LogP contribution in [0.1, 0.15) is 32.9 Å². The number of piperazine rings is 1. The van der Waals surface area contributed by atoms with E-state index in [9.17, 15) is 0 Å². The number of anilines is 1. The van der Waals surface area contributed by atoms with Crippen molar-refractivity contribution >= 4 is 5.82 Å². The number of rotatable bonds is 5. The molecule has 1 atom stereocenters. The molecule has 0 aromatic carbocycles. The average Bonchev–Trinajstić information content (AvgIpc) is 2.46. The largest absolute Gasteiger partial charge is 0.352 e. The molecule has 1 aliphatic heterocycles. The first-order valence-electron chi connectivity index (χ1n) is 7.61. The SMILES string of the molecule is CCC1CN(c2ccc(CNC(C)C)nn2)CCN1C.